The fourth-order valence-corrected chi connectivity index (χ4v) is 3.01. The van der Waals surface area contributed by atoms with Gasteiger partial charge in [0.1, 0.15) is 0 Å². The predicted molar refractivity (Wildman–Crippen MR) is 89.5 cm³/mol. The van der Waals surface area contributed by atoms with Crippen molar-refractivity contribution in [1.29, 1.82) is 0 Å². The fourth-order valence-electron chi connectivity index (χ4n) is 3.01. The molecule has 0 radical (unpaired) electrons. The van der Waals surface area contributed by atoms with E-state index in [0.717, 1.165) is 37.3 Å². The van der Waals surface area contributed by atoms with Crippen LogP contribution in [0.5, 0.6) is 0 Å². The summed E-state index contributed by atoms with van der Waals surface area (Å²) in [5.74, 6) is 0.132. The quantitative estimate of drug-likeness (QED) is 0.888. The van der Waals surface area contributed by atoms with Crippen LogP contribution in [0, 0.1) is 0 Å². The Balaban J connectivity index is 1.65. The number of likely N-dealkylation sites (tertiary alicyclic amines) is 1. The first-order valence-electron chi connectivity index (χ1n) is 8.25. The average molecular weight is 340 g/mol. The maximum Gasteiger partial charge on any atom is 0.253 e. The van der Waals surface area contributed by atoms with Gasteiger partial charge in [-0.05, 0) is 18.9 Å². The summed E-state index contributed by atoms with van der Waals surface area (Å²) >= 11 is 0. The molecule has 1 aliphatic rings. The van der Waals surface area contributed by atoms with Crippen LogP contribution in [0.25, 0.3) is 0 Å². The molecule has 0 bridgehead atoms. The number of hydrogen-bond acceptors (Lipinski definition) is 6. The van der Waals surface area contributed by atoms with Crippen molar-refractivity contribution in [3.05, 3.63) is 47.8 Å². The summed E-state index contributed by atoms with van der Waals surface area (Å²) in [4.78, 5) is 34.3. The van der Waals surface area contributed by atoms with Crippen LogP contribution in [0.15, 0.2) is 30.9 Å². The molecule has 1 fully saturated rings. The van der Waals surface area contributed by atoms with E-state index < -0.39 is 0 Å². The lowest BCUT2D eigenvalue weighted by Gasteiger charge is -2.31. The van der Waals surface area contributed by atoms with Crippen molar-refractivity contribution in [3.8, 4) is 0 Å². The van der Waals surface area contributed by atoms with Crippen molar-refractivity contribution in [1.82, 2.24) is 30.4 Å². The van der Waals surface area contributed by atoms with E-state index in [1.54, 1.807) is 25.4 Å². The van der Waals surface area contributed by atoms with Gasteiger partial charge in [-0.15, -0.1) is 0 Å². The molecular formula is C17H20N6O2. The largest absolute Gasteiger partial charge is 0.346 e. The third-order valence-corrected chi connectivity index (χ3v) is 4.40. The molecule has 0 aromatic carbocycles. The van der Waals surface area contributed by atoms with Crippen LogP contribution in [0.3, 0.4) is 0 Å². The number of aromatic nitrogens is 4. The lowest BCUT2D eigenvalue weighted by molar-refractivity contribution is -0.129. The number of piperidine rings is 1. The second-order valence-electron chi connectivity index (χ2n) is 5.98. The van der Waals surface area contributed by atoms with Crippen molar-refractivity contribution in [2.75, 3.05) is 13.1 Å². The zero-order chi connectivity index (χ0) is 17.6. The van der Waals surface area contributed by atoms with E-state index in [1.807, 2.05) is 4.90 Å². The second-order valence-corrected chi connectivity index (χ2v) is 5.98. The number of carbonyl (C=O) groups is 2. The molecule has 2 amide bonds. The molecule has 8 heteroatoms. The van der Waals surface area contributed by atoms with E-state index >= 15 is 0 Å². The maximum absolute atomic E-state index is 12.2. The molecule has 0 atom stereocenters. The Morgan fingerprint density at radius 2 is 1.92 bits per heavy atom. The highest BCUT2D eigenvalue weighted by Crippen LogP contribution is 2.28. The minimum absolute atomic E-state index is 0.107. The standard InChI is InChI=1S/C17H20N6O2/c1-12(24)23-8-3-13(4-9-23)16-15(18-6-7-19-16)11-20-17(25)14-2-5-21-22-10-14/h2,5-7,10,13H,3-4,8-9,11H2,1H3,(H,20,25). The Morgan fingerprint density at radius 3 is 2.60 bits per heavy atom. The summed E-state index contributed by atoms with van der Waals surface area (Å²) < 4.78 is 0. The van der Waals surface area contributed by atoms with Gasteiger partial charge in [-0.2, -0.15) is 10.2 Å². The van der Waals surface area contributed by atoms with E-state index in [2.05, 4.69) is 25.5 Å². The monoisotopic (exact) mass is 340 g/mol. The summed E-state index contributed by atoms with van der Waals surface area (Å²) in [7, 11) is 0. The Hall–Kier alpha value is -2.90. The van der Waals surface area contributed by atoms with Crippen LogP contribution in [0.4, 0.5) is 0 Å². The van der Waals surface area contributed by atoms with E-state index in [4.69, 9.17) is 0 Å². The molecule has 0 spiro atoms. The van der Waals surface area contributed by atoms with Gasteiger partial charge in [-0.1, -0.05) is 0 Å². The summed E-state index contributed by atoms with van der Waals surface area (Å²) in [6, 6.07) is 1.61. The molecule has 2 aromatic rings. The molecular weight excluding hydrogens is 320 g/mol. The summed E-state index contributed by atoms with van der Waals surface area (Å²) in [6.07, 6.45) is 7.91. The normalized spacial score (nSPS) is 15.0. The summed E-state index contributed by atoms with van der Waals surface area (Å²) in [5, 5.41) is 10.2. The zero-order valence-electron chi connectivity index (χ0n) is 14.1. The molecule has 1 N–H and O–H groups in total. The molecule has 130 valence electrons. The average Bonchev–Trinajstić information content (AvgIpc) is 2.67. The van der Waals surface area contributed by atoms with Gasteiger partial charge in [0, 0.05) is 38.3 Å². The number of amides is 2. The number of rotatable bonds is 4. The highest BCUT2D eigenvalue weighted by molar-refractivity contribution is 5.93. The molecule has 0 unspecified atom stereocenters. The van der Waals surface area contributed by atoms with Gasteiger partial charge in [0.15, 0.2) is 0 Å². The van der Waals surface area contributed by atoms with Crippen LogP contribution >= 0.6 is 0 Å². The molecule has 25 heavy (non-hydrogen) atoms. The van der Waals surface area contributed by atoms with Crippen molar-refractivity contribution >= 4 is 11.8 Å². The van der Waals surface area contributed by atoms with Crippen LogP contribution in [0.2, 0.25) is 0 Å². The second kappa shape index (κ2) is 7.78. The minimum atomic E-state index is -0.224. The van der Waals surface area contributed by atoms with E-state index in [1.165, 1.54) is 12.4 Å². The molecule has 2 aromatic heterocycles. The first-order chi connectivity index (χ1) is 12.1. The zero-order valence-corrected chi connectivity index (χ0v) is 14.1. The summed E-state index contributed by atoms with van der Waals surface area (Å²) in [6.45, 7) is 3.35. The first-order valence-corrected chi connectivity index (χ1v) is 8.25. The molecule has 0 aliphatic carbocycles. The third-order valence-electron chi connectivity index (χ3n) is 4.40. The number of nitrogens with one attached hydrogen (secondary N) is 1. The minimum Gasteiger partial charge on any atom is -0.346 e. The summed E-state index contributed by atoms with van der Waals surface area (Å²) in [5.41, 5.74) is 2.12. The number of hydrogen-bond donors (Lipinski definition) is 1. The van der Waals surface area contributed by atoms with Gasteiger partial charge in [0.25, 0.3) is 5.91 Å². The Kier molecular flexibility index (Phi) is 5.27. The SMILES string of the molecule is CC(=O)N1CCC(c2nccnc2CNC(=O)c2ccnnc2)CC1. The van der Waals surface area contributed by atoms with Crippen LogP contribution in [-0.2, 0) is 11.3 Å². The highest BCUT2D eigenvalue weighted by atomic mass is 16.2. The van der Waals surface area contributed by atoms with Gasteiger partial charge >= 0.3 is 0 Å². The third kappa shape index (κ3) is 4.14. The number of nitrogens with zero attached hydrogens (tertiary/aromatic N) is 5. The predicted octanol–water partition coefficient (Wildman–Crippen LogP) is 0.922. The van der Waals surface area contributed by atoms with Crippen molar-refractivity contribution in [2.24, 2.45) is 0 Å². The van der Waals surface area contributed by atoms with E-state index in [-0.39, 0.29) is 17.7 Å². The smallest absolute Gasteiger partial charge is 0.253 e. The van der Waals surface area contributed by atoms with Gasteiger partial charge in [-0.3, -0.25) is 19.6 Å². The Morgan fingerprint density at radius 1 is 1.16 bits per heavy atom. The topological polar surface area (TPSA) is 101 Å². The van der Waals surface area contributed by atoms with Crippen molar-refractivity contribution < 1.29 is 9.59 Å². The highest BCUT2D eigenvalue weighted by Gasteiger charge is 2.25. The van der Waals surface area contributed by atoms with Crippen LogP contribution < -0.4 is 5.32 Å². The van der Waals surface area contributed by atoms with Gasteiger partial charge in [0.05, 0.1) is 35.9 Å². The molecule has 1 saturated heterocycles. The van der Waals surface area contributed by atoms with E-state index in [9.17, 15) is 9.59 Å². The van der Waals surface area contributed by atoms with Gasteiger partial charge < -0.3 is 10.2 Å². The lowest BCUT2D eigenvalue weighted by atomic mass is 9.92. The van der Waals surface area contributed by atoms with Crippen LogP contribution in [0.1, 0.15) is 47.4 Å². The first kappa shape index (κ1) is 16.9. The molecule has 0 saturated carbocycles. The fraction of sp³-hybridized carbons (Fsp3) is 0.412. The molecule has 1 aliphatic heterocycles. The Bertz CT molecular complexity index is 744. The Labute approximate surface area is 145 Å². The van der Waals surface area contributed by atoms with Crippen molar-refractivity contribution in [3.63, 3.8) is 0 Å². The lowest BCUT2D eigenvalue weighted by Crippen LogP contribution is -2.37. The van der Waals surface area contributed by atoms with Crippen molar-refractivity contribution in [2.45, 2.75) is 32.2 Å². The van der Waals surface area contributed by atoms with Gasteiger partial charge in [0.2, 0.25) is 5.91 Å². The van der Waals surface area contributed by atoms with Crippen LogP contribution in [-0.4, -0.2) is 50.0 Å². The number of carbonyl (C=O) groups excluding carboxylic acids is 2. The molecule has 3 rings (SSSR count). The van der Waals surface area contributed by atoms with Gasteiger partial charge in [-0.25, -0.2) is 0 Å². The van der Waals surface area contributed by atoms with E-state index in [0.29, 0.717) is 12.1 Å². The maximum atomic E-state index is 12.2. The molecule has 8 nitrogen and oxygen atoms in total. The molecule has 3 heterocycles.